The number of carbonyl (C=O) groups is 2. The lowest BCUT2D eigenvalue weighted by atomic mass is 10.0. The van der Waals surface area contributed by atoms with Crippen molar-refractivity contribution in [1.82, 2.24) is 9.97 Å². The number of aliphatic carboxylic acids is 1. The topological polar surface area (TPSA) is 138 Å². The first-order chi connectivity index (χ1) is 17.0. The summed E-state index contributed by atoms with van der Waals surface area (Å²) in [6.45, 7) is 1.73. The highest BCUT2D eigenvalue weighted by Crippen LogP contribution is 2.29. The highest BCUT2D eigenvalue weighted by Gasteiger charge is 2.22. The van der Waals surface area contributed by atoms with Crippen molar-refractivity contribution in [3.8, 4) is 0 Å². The zero-order valence-corrected chi connectivity index (χ0v) is 21.9. The number of pyridine rings is 2. The molecule has 2 aromatic heterocycles. The van der Waals surface area contributed by atoms with Crippen molar-refractivity contribution in [2.24, 2.45) is 0 Å². The summed E-state index contributed by atoms with van der Waals surface area (Å²) in [7, 11) is -3.64. The third kappa shape index (κ3) is 6.85. The molecule has 1 amide bonds. The molecule has 36 heavy (non-hydrogen) atoms. The van der Waals surface area contributed by atoms with Gasteiger partial charge < -0.3 is 15.7 Å². The molecule has 0 bridgehead atoms. The number of nitrogens with zero attached hydrogens (tertiary/aromatic N) is 2. The highest BCUT2D eigenvalue weighted by molar-refractivity contribution is 7.91. The van der Waals surface area contributed by atoms with Gasteiger partial charge in [-0.2, -0.15) is 0 Å². The molecule has 3 aromatic rings. The summed E-state index contributed by atoms with van der Waals surface area (Å²) in [5.41, 5.74) is 1.14. The maximum absolute atomic E-state index is 12.6. The van der Waals surface area contributed by atoms with Crippen LogP contribution in [0.15, 0.2) is 53.8 Å². The molecule has 0 saturated carbocycles. The van der Waals surface area contributed by atoms with Gasteiger partial charge in [0.05, 0.1) is 31.4 Å². The van der Waals surface area contributed by atoms with Crippen LogP contribution in [0.5, 0.6) is 0 Å². The lowest BCUT2D eigenvalue weighted by Crippen LogP contribution is -2.32. The number of rotatable bonds is 10. The number of carbonyl (C=O) groups excluding carboxylic acids is 1. The smallest absolute Gasteiger partial charge is 0.326 e. The second-order valence-corrected chi connectivity index (χ2v) is 11.0. The van der Waals surface area contributed by atoms with E-state index in [-0.39, 0.29) is 43.6 Å². The van der Waals surface area contributed by atoms with Crippen LogP contribution < -0.4 is 10.6 Å². The van der Waals surface area contributed by atoms with Crippen LogP contribution >= 0.6 is 34.8 Å². The lowest BCUT2D eigenvalue weighted by molar-refractivity contribution is -0.137. The van der Waals surface area contributed by atoms with Crippen LogP contribution in [0.3, 0.4) is 0 Å². The number of anilines is 2. The quantitative estimate of drug-likeness (QED) is 0.310. The van der Waals surface area contributed by atoms with E-state index >= 15 is 0 Å². The van der Waals surface area contributed by atoms with Gasteiger partial charge in [0.2, 0.25) is 0 Å². The Morgan fingerprint density at radius 2 is 1.67 bits per heavy atom. The van der Waals surface area contributed by atoms with Crippen molar-refractivity contribution < 1.29 is 23.1 Å². The number of hydrogen-bond donors (Lipinski definition) is 3. The van der Waals surface area contributed by atoms with Gasteiger partial charge in [0.25, 0.3) is 5.91 Å². The summed E-state index contributed by atoms with van der Waals surface area (Å²) in [5, 5.41) is 15.4. The highest BCUT2D eigenvalue weighted by atomic mass is 35.5. The molecule has 1 unspecified atom stereocenters. The number of carboxylic acids is 1. The Morgan fingerprint density at radius 3 is 2.25 bits per heavy atom. The Morgan fingerprint density at radius 1 is 1.03 bits per heavy atom. The number of amides is 1. The maximum atomic E-state index is 12.6. The van der Waals surface area contributed by atoms with E-state index in [0.29, 0.717) is 17.5 Å². The predicted molar refractivity (Wildman–Crippen MR) is 139 cm³/mol. The van der Waals surface area contributed by atoms with Gasteiger partial charge in [-0.25, -0.2) is 18.2 Å². The van der Waals surface area contributed by atoms with Gasteiger partial charge >= 0.3 is 5.97 Å². The predicted octanol–water partition coefficient (Wildman–Crippen LogP) is 4.98. The molecule has 0 saturated heterocycles. The van der Waals surface area contributed by atoms with Gasteiger partial charge in [-0.1, -0.05) is 53.9 Å². The fourth-order valence-corrected chi connectivity index (χ4v) is 5.55. The maximum Gasteiger partial charge on any atom is 0.326 e. The van der Waals surface area contributed by atoms with Crippen LogP contribution in [0, 0.1) is 0 Å². The fourth-order valence-electron chi connectivity index (χ4n) is 3.24. The molecule has 0 aliphatic heterocycles. The summed E-state index contributed by atoms with van der Waals surface area (Å²) in [4.78, 5) is 32.2. The van der Waals surface area contributed by atoms with E-state index in [1.165, 1.54) is 36.8 Å². The first kappa shape index (κ1) is 27.7. The van der Waals surface area contributed by atoms with Crippen molar-refractivity contribution >= 4 is 68.0 Å². The number of benzene rings is 1. The molecule has 1 aromatic carbocycles. The van der Waals surface area contributed by atoms with Crippen LogP contribution in [0.4, 0.5) is 11.5 Å². The minimum atomic E-state index is -3.64. The van der Waals surface area contributed by atoms with E-state index in [4.69, 9.17) is 34.8 Å². The molecule has 2 heterocycles. The number of aromatic nitrogens is 2. The molecule has 0 radical (unpaired) electrons. The van der Waals surface area contributed by atoms with Gasteiger partial charge in [0, 0.05) is 36.6 Å². The van der Waals surface area contributed by atoms with Crippen LogP contribution in [0.25, 0.3) is 0 Å². The molecule has 0 aliphatic carbocycles. The van der Waals surface area contributed by atoms with Crippen molar-refractivity contribution in [2.45, 2.75) is 30.7 Å². The molecule has 0 aliphatic rings. The first-order valence-electron chi connectivity index (χ1n) is 10.6. The second-order valence-electron chi connectivity index (χ2n) is 7.69. The van der Waals surface area contributed by atoms with Gasteiger partial charge in [-0.3, -0.25) is 9.78 Å². The van der Waals surface area contributed by atoms with Crippen LogP contribution in [0.2, 0.25) is 15.1 Å². The Bertz CT molecular complexity index is 1360. The molecule has 13 heteroatoms. The molecular weight excluding hydrogens is 551 g/mol. The normalized spacial score (nSPS) is 12.1. The Kier molecular flexibility index (Phi) is 9.13. The van der Waals surface area contributed by atoms with E-state index < -0.39 is 27.8 Å². The van der Waals surface area contributed by atoms with Gasteiger partial charge in [-0.15, -0.1) is 0 Å². The number of sulfone groups is 1. The molecule has 3 rings (SSSR count). The van der Waals surface area contributed by atoms with E-state index in [1.54, 1.807) is 19.1 Å². The van der Waals surface area contributed by atoms with Crippen molar-refractivity contribution in [2.75, 3.05) is 16.4 Å². The third-order valence-corrected chi connectivity index (χ3v) is 7.94. The summed E-state index contributed by atoms with van der Waals surface area (Å²) < 4.78 is 24.9. The SMILES string of the molecule is CCCS(=O)(=O)c1cc(NC(Cc2ccc(C(=O)Nc3c(Cl)cncc3Cl)cc2)C(=O)O)ncc1Cl. The zero-order valence-electron chi connectivity index (χ0n) is 18.8. The minimum Gasteiger partial charge on any atom is -0.480 e. The summed E-state index contributed by atoms with van der Waals surface area (Å²) >= 11 is 18.1. The van der Waals surface area contributed by atoms with Gasteiger partial charge in [0.1, 0.15) is 11.9 Å². The number of hydrogen-bond acceptors (Lipinski definition) is 7. The Hall–Kier alpha value is -2.92. The third-order valence-electron chi connectivity index (χ3n) is 5.00. The number of nitrogens with one attached hydrogen (secondary N) is 2. The van der Waals surface area contributed by atoms with Crippen molar-refractivity contribution in [3.63, 3.8) is 0 Å². The molecule has 0 fully saturated rings. The number of halogens is 3. The van der Waals surface area contributed by atoms with Gasteiger partial charge in [0.15, 0.2) is 9.84 Å². The van der Waals surface area contributed by atoms with E-state index in [2.05, 4.69) is 20.6 Å². The van der Waals surface area contributed by atoms with E-state index in [9.17, 15) is 23.1 Å². The summed E-state index contributed by atoms with van der Waals surface area (Å²) in [6, 6.07) is 6.37. The fraction of sp³-hybridized carbons (Fsp3) is 0.217. The number of carboxylic acid groups (broad SMARTS) is 1. The Labute approximate surface area is 222 Å². The second kappa shape index (κ2) is 11.9. The van der Waals surface area contributed by atoms with Gasteiger partial charge in [-0.05, 0) is 24.1 Å². The van der Waals surface area contributed by atoms with Crippen molar-refractivity contribution in [1.29, 1.82) is 0 Å². The van der Waals surface area contributed by atoms with E-state index in [0.717, 1.165) is 0 Å². The summed E-state index contributed by atoms with van der Waals surface area (Å²) in [5.74, 6) is -1.68. The van der Waals surface area contributed by atoms with Crippen LogP contribution in [-0.2, 0) is 21.1 Å². The van der Waals surface area contributed by atoms with Crippen LogP contribution in [-0.4, -0.2) is 47.2 Å². The molecule has 1 atom stereocenters. The Balaban J connectivity index is 1.74. The summed E-state index contributed by atoms with van der Waals surface area (Å²) in [6.07, 6.45) is 4.30. The molecule has 3 N–H and O–H groups in total. The van der Waals surface area contributed by atoms with E-state index in [1.807, 2.05) is 0 Å². The zero-order chi connectivity index (χ0) is 26.5. The largest absolute Gasteiger partial charge is 0.480 e. The molecule has 0 spiro atoms. The molecule has 9 nitrogen and oxygen atoms in total. The van der Waals surface area contributed by atoms with Crippen molar-refractivity contribution in [3.05, 3.63) is 75.1 Å². The monoisotopic (exact) mass is 570 g/mol. The molecule has 190 valence electrons. The first-order valence-corrected chi connectivity index (χ1v) is 13.4. The lowest BCUT2D eigenvalue weighted by Gasteiger charge is -2.16. The average Bonchev–Trinajstić information content (AvgIpc) is 2.82. The van der Waals surface area contributed by atoms with Crippen LogP contribution in [0.1, 0.15) is 29.3 Å². The average molecular weight is 572 g/mol. The molecular formula is C23H21Cl3N4O5S. The standard InChI is InChI=1S/C23H21Cl3N4O5S/c1-2-7-36(34,35)19-9-20(28-12-15(19)24)29-18(23(32)33)8-13-3-5-14(6-4-13)22(31)30-21-16(25)10-27-11-17(21)26/h3-6,9-12,18H,2,7-8H2,1H3,(H,28,29)(H,32,33)(H,27,30,31). The minimum absolute atomic E-state index is 0.0284.